The highest BCUT2D eigenvalue weighted by Crippen LogP contribution is 2.11. The number of rotatable bonds is 15. The minimum Gasteiger partial charge on any atom is -0.550 e. The van der Waals surface area contributed by atoms with E-state index in [0.717, 1.165) is 19.3 Å². The maximum Gasteiger partial charge on any atom is 0.0414 e. The molecule has 0 saturated carbocycles. The lowest BCUT2D eigenvalue weighted by Gasteiger charge is -2.01. The van der Waals surface area contributed by atoms with Gasteiger partial charge in [-0.05, 0) is 37.5 Å². The lowest BCUT2D eigenvalue weighted by atomic mass is 10.1. The molecule has 0 unspecified atom stereocenters. The summed E-state index contributed by atoms with van der Waals surface area (Å²) in [5.74, 6) is 10.8. The van der Waals surface area contributed by atoms with Crippen LogP contribution in [0.15, 0.2) is 0 Å². The summed E-state index contributed by atoms with van der Waals surface area (Å²) in [5, 5.41) is 10.2. The molecule has 0 rings (SSSR count). The van der Waals surface area contributed by atoms with Crippen molar-refractivity contribution in [1.29, 1.82) is 0 Å². The van der Waals surface area contributed by atoms with Gasteiger partial charge >= 0.3 is 0 Å². The van der Waals surface area contributed by atoms with Gasteiger partial charge in [-0.3, -0.25) is 0 Å². The first kappa shape index (κ1) is 22.6. The van der Waals surface area contributed by atoms with E-state index in [1.807, 2.05) is 0 Å². The third kappa shape index (κ3) is 20.6. The van der Waals surface area contributed by atoms with Crippen molar-refractivity contribution in [1.82, 2.24) is 0 Å². The van der Waals surface area contributed by atoms with Crippen LogP contribution >= 0.6 is 0 Å². The maximum absolute atomic E-state index is 10.2. The van der Waals surface area contributed by atoms with Gasteiger partial charge in [0, 0.05) is 18.8 Å². The minimum absolute atomic E-state index is 0.131. The van der Waals surface area contributed by atoms with Crippen LogP contribution in [0.5, 0.6) is 0 Å². The van der Waals surface area contributed by atoms with Crippen LogP contribution in [-0.4, -0.2) is 5.97 Å². The third-order valence-corrected chi connectivity index (χ3v) is 4.08. The van der Waals surface area contributed by atoms with Gasteiger partial charge in [0.25, 0.3) is 0 Å². The quantitative estimate of drug-likeness (QED) is 0.313. The molecule has 0 bridgehead atoms. The van der Waals surface area contributed by atoms with Gasteiger partial charge in [-0.15, -0.1) is 0 Å². The number of unbranched alkanes of at least 4 members (excludes halogenated alkanes) is 13. The van der Waals surface area contributed by atoms with Crippen molar-refractivity contribution in [3.05, 3.63) is 0 Å². The molecule has 0 heterocycles. The molecule has 2 heteroatoms. The summed E-state index contributed by atoms with van der Waals surface area (Å²) in [4.78, 5) is 10.2. The summed E-state index contributed by atoms with van der Waals surface area (Å²) in [6, 6.07) is 0. The smallest absolute Gasteiger partial charge is 0.0414 e. The fourth-order valence-corrected chi connectivity index (χ4v) is 2.57. The van der Waals surface area contributed by atoms with E-state index >= 15 is 0 Å². The zero-order valence-electron chi connectivity index (χ0n) is 15.6. The predicted octanol–water partition coefficient (Wildman–Crippen LogP) is 5.00. The summed E-state index contributed by atoms with van der Waals surface area (Å²) in [6.45, 7) is 2.26. The molecule has 0 N–H and O–H groups in total. The van der Waals surface area contributed by atoms with Crippen LogP contribution in [0, 0.1) is 23.7 Å². The summed E-state index contributed by atoms with van der Waals surface area (Å²) >= 11 is 0. The Balaban J connectivity index is 3.24. The monoisotopic (exact) mass is 331 g/mol. The van der Waals surface area contributed by atoms with Crippen LogP contribution in [-0.2, 0) is 4.79 Å². The summed E-state index contributed by atoms with van der Waals surface area (Å²) in [7, 11) is 0. The number of hydrogen-bond donors (Lipinski definition) is 0. The molecule has 0 aromatic rings. The second-order valence-corrected chi connectivity index (χ2v) is 6.47. The highest BCUT2D eigenvalue weighted by molar-refractivity contribution is 5.64. The molecule has 136 valence electrons. The van der Waals surface area contributed by atoms with Crippen LogP contribution in [0.2, 0.25) is 0 Å². The van der Waals surface area contributed by atoms with Crippen molar-refractivity contribution in [2.75, 3.05) is 0 Å². The van der Waals surface area contributed by atoms with Crippen LogP contribution in [0.3, 0.4) is 0 Å². The summed E-state index contributed by atoms with van der Waals surface area (Å²) in [6.07, 6.45) is 18.2. The zero-order valence-corrected chi connectivity index (χ0v) is 15.6. The Morgan fingerprint density at radius 2 is 1.08 bits per heavy atom. The average Bonchev–Trinajstić information content (AvgIpc) is 2.56. The molecule has 24 heavy (non-hydrogen) atoms. The molecule has 0 saturated heterocycles. The van der Waals surface area contributed by atoms with Crippen molar-refractivity contribution in [3.63, 3.8) is 0 Å². The van der Waals surface area contributed by atoms with E-state index in [1.165, 1.54) is 70.6 Å². The van der Waals surface area contributed by atoms with E-state index in [2.05, 4.69) is 30.6 Å². The van der Waals surface area contributed by atoms with Gasteiger partial charge in [-0.25, -0.2) is 0 Å². The molecule has 0 aliphatic carbocycles. The van der Waals surface area contributed by atoms with Gasteiger partial charge in [-0.2, -0.15) is 0 Å². The summed E-state index contributed by atoms with van der Waals surface area (Å²) < 4.78 is 0. The molecule has 0 aliphatic rings. The van der Waals surface area contributed by atoms with Crippen molar-refractivity contribution in [2.24, 2.45) is 0 Å². The number of carbonyl (C=O) groups excluding carboxylic acids is 1. The number of carbonyl (C=O) groups is 1. The summed E-state index contributed by atoms with van der Waals surface area (Å²) in [5.41, 5.74) is 0. The van der Waals surface area contributed by atoms with E-state index in [1.54, 1.807) is 0 Å². The number of carboxylic acid groups (broad SMARTS) is 1. The van der Waals surface area contributed by atoms with Crippen molar-refractivity contribution >= 4 is 5.97 Å². The second kappa shape index (κ2) is 19.6. The molecular weight excluding hydrogens is 296 g/mol. The Kier molecular flexibility index (Phi) is 18.5. The lowest BCUT2D eigenvalue weighted by molar-refractivity contribution is -0.305. The fourth-order valence-electron chi connectivity index (χ4n) is 2.57. The van der Waals surface area contributed by atoms with E-state index in [0.29, 0.717) is 6.42 Å². The highest BCUT2D eigenvalue weighted by atomic mass is 16.4. The average molecular weight is 332 g/mol. The first-order valence-corrected chi connectivity index (χ1v) is 9.93. The number of hydrogen-bond acceptors (Lipinski definition) is 2. The molecule has 0 aliphatic heterocycles. The molecule has 2 nitrogen and oxygen atoms in total. The maximum atomic E-state index is 10.2. The van der Waals surface area contributed by atoms with Crippen LogP contribution in [0.4, 0.5) is 0 Å². The molecular formula is C22H35O2-. The van der Waals surface area contributed by atoms with Gasteiger partial charge in [-0.1, -0.05) is 83.0 Å². The van der Waals surface area contributed by atoms with Gasteiger partial charge in [0.05, 0.1) is 0 Å². The van der Waals surface area contributed by atoms with Crippen molar-refractivity contribution in [2.45, 2.75) is 110 Å². The van der Waals surface area contributed by atoms with Crippen LogP contribution in [0.25, 0.3) is 0 Å². The number of aliphatic carboxylic acids is 1. The van der Waals surface area contributed by atoms with Crippen LogP contribution < -0.4 is 5.11 Å². The molecule has 0 spiro atoms. The van der Waals surface area contributed by atoms with Gasteiger partial charge in [0.1, 0.15) is 0 Å². The third-order valence-electron chi connectivity index (χ3n) is 4.08. The van der Waals surface area contributed by atoms with Crippen molar-refractivity contribution in [3.8, 4) is 23.7 Å². The standard InChI is InChI=1S/C22H36O2/c1-2-3-4-5-6-7-8-9-10-11-12-13-14-15-16-17-18-19-20-21-22(23)24/h2-13,18-21H2,1H3,(H,23,24)/p-1. The molecule has 0 aromatic carbocycles. The first-order valence-electron chi connectivity index (χ1n) is 9.93. The van der Waals surface area contributed by atoms with Gasteiger partial charge in [0.15, 0.2) is 0 Å². The second-order valence-electron chi connectivity index (χ2n) is 6.47. The fraction of sp³-hybridized carbons (Fsp3) is 0.773. The Morgan fingerprint density at radius 1 is 0.667 bits per heavy atom. The SMILES string of the molecule is CCCCCCCCCCCCCC#CC#CCCCCC(=O)[O-]. The Bertz CT molecular complexity index is 403. The van der Waals surface area contributed by atoms with E-state index < -0.39 is 5.97 Å². The predicted molar refractivity (Wildman–Crippen MR) is 100 cm³/mol. The normalized spacial score (nSPS) is 9.71. The Labute approximate surface area is 149 Å². The van der Waals surface area contributed by atoms with Crippen LogP contribution in [0.1, 0.15) is 110 Å². The minimum atomic E-state index is -0.977. The Morgan fingerprint density at radius 3 is 1.54 bits per heavy atom. The molecule has 0 aromatic heterocycles. The highest BCUT2D eigenvalue weighted by Gasteiger charge is 1.92. The largest absolute Gasteiger partial charge is 0.550 e. The van der Waals surface area contributed by atoms with Gasteiger partial charge in [0.2, 0.25) is 0 Å². The number of carboxylic acids is 1. The lowest BCUT2D eigenvalue weighted by Crippen LogP contribution is -2.21. The van der Waals surface area contributed by atoms with E-state index in [4.69, 9.17) is 0 Å². The first-order chi connectivity index (χ1) is 11.8. The van der Waals surface area contributed by atoms with Gasteiger partial charge < -0.3 is 9.90 Å². The van der Waals surface area contributed by atoms with E-state index in [-0.39, 0.29) is 6.42 Å². The zero-order chi connectivity index (χ0) is 17.7. The van der Waals surface area contributed by atoms with Crippen molar-refractivity contribution < 1.29 is 9.90 Å². The van der Waals surface area contributed by atoms with E-state index in [9.17, 15) is 9.90 Å². The molecule has 0 amide bonds. The Hall–Kier alpha value is -1.41. The molecule has 0 fully saturated rings. The molecule has 0 atom stereocenters. The molecule has 0 radical (unpaired) electrons. The topological polar surface area (TPSA) is 40.1 Å².